The van der Waals surface area contributed by atoms with Gasteiger partial charge in [-0.25, -0.2) is 0 Å². The fourth-order valence-electron chi connectivity index (χ4n) is 0.581. The van der Waals surface area contributed by atoms with Gasteiger partial charge in [0.25, 0.3) is 0 Å². The molecule has 0 saturated heterocycles. The Morgan fingerprint density at radius 3 is 2.50 bits per heavy atom. The topological polar surface area (TPSA) is 40.1 Å². The summed E-state index contributed by atoms with van der Waals surface area (Å²) in [6.07, 6.45) is 0. The smallest absolute Gasteiger partial charge is 0.768 e. The number of benzene rings is 1. The van der Waals surface area contributed by atoms with Gasteiger partial charge < -0.3 is 4.55 Å². The molecule has 6 heteroatoms. The van der Waals surface area contributed by atoms with Crippen molar-refractivity contribution in [3.05, 3.63) is 27.7 Å². The molecule has 0 amide bonds. The molecule has 0 bridgehead atoms. The maximum Gasteiger partial charge on any atom is 1.00 e. The van der Waals surface area contributed by atoms with E-state index in [1.54, 1.807) is 6.07 Å². The molecule has 12 heavy (non-hydrogen) atoms. The molecule has 0 spiro atoms. The van der Waals surface area contributed by atoms with Crippen molar-refractivity contribution in [3.8, 4) is 0 Å². The first-order valence-corrected chi connectivity index (χ1v) is 4.90. The maximum atomic E-state index is 10.4. The fraction of sp³-hybridized carbons (Fsp3) is 0. The van der Waals surface area contributed by atoms with Gasteiger partial charge in [-0.1, -0.05) is 11.6 Å². The molecule has 1 unspecified atom stereocenters. The van der Waals surface area contributed by atoms with Gasteiger partial charge in [-0.3, -0.25) is 4.21 Å². The largest absolute Gasteiger partial charge is 1.00 e. The van der Waals surface area contributed by atoms with E-state index in [0.717, 1.165) is 0 Å². The molecule has 1 atom stereocenters. The molecular formula is C6H3BrClNaO2S. The predicted molar refractivity (Wildman–Crippen MR) is 46.3 cm³/mol. The third-order valence-electron chi connectivity index (χ3n) is 1.08. The summed E-state index contributed by atoms with van der Waals surface area (Å²) in [5, 5.41) is 0.395. The van der Waals surface area contributed by atoms with Crippen LogP contribution in [-0.2, 0) is 11.1 Å². The molecule has 0 aliphatic heterocycles. The second-order valence-electron chi connectivity index (χ2n) is 1.81. The Bertz CT molecular complexity index is 308. The third kappa shape index (κ3) is 3.46. The van der Waals surface area contributed by atoms with Gasteiger partial charge in [-0.2, -0.15) is 0 Å². The molecular weight excluding hydrogens is 274 g/mol. The van der Waals surface area contributed by atoms with E-state index in [-0.39, 0.29) is 34.5 Å². The van der Waals surface area contributed by atoms with E-state index >= 15 is 0 Å². The number of halogens is 2. The van der Waals surface area contributed by atoms with E-state index in [4.69, 9.17) is 11.6 Å². The number of hydrogen-bond donors (Lipinski definition) is 0. The van der Waals surface area contributed by atoms with Crippen LogP contribution in [-0.4, -0.2) is 8.76 Å². The Balaban J connectivity index is 0.00000121. The minimum absolute atomic E-state index is 0. The van der Waals surface area contributed by atoms with Crippen LogP contribution in [0.4, 0.5) is 0 Å². The molecule has 60 valence electrons. The van der Waals surface area contributed by atoms with Gasteiger partial charge in [-0.15, -0.1) is 0 Å². The summed E-state index contributed by atoms with van der Waals surface area (Å²) in [6.45, 7) is 0. The summed E-state index contributed by atoms with van der Waals surface area (Å²) in [5.41, 5.74) is 0. The standard InChI is InChI=1S/C6H4BrClO2S.Na/c7-5-2-1-4(11(9)10)3-6(5)8;/h1-3H,(H,9,10);/q;+1/p-1. The minimum Gasteiger partial charge on any atom is -0.768 e. The number of hydrogen-bond acceptors (Lipinski definition) is 2. The van der Waals surface area contributed by atoms with Gasteiger partial charge in [0.15, 0.2) is 0 Å². The van der Waals surface area contributed by atoms with Crippen LogP contribution in [0.5, 0.6) is 0 Å². The Morgan fingerprint density at radius 2 is 2.08 bits per heavy atom. The Labute approximate surface area is 108 Å². The van der Waals surface area contributed by atoms with Crippen molar-refractivity contribution in [1.82, 2.24) is 0 Å². The van der Waals surface area contributed by atoms with Crippen LogP contribution in [0.15, 0.2) is 27.6 Å². The van der Waals surface area contributed by atoms with Gasteiger partial charge in [0, 0.05) is 9.37 Å². The van der Waals surface area contributed by atoms with E-state index in [1.165, 1.54) is 12.1 Å². The van der Waals surface area contributed by atoms with E-state index < -0.39 is 11.1 Å². The molecule has 1 aromatic rings. The van der Waals surface area contributed by atoms with Crippen molar-refractivity contribution in [2.75, 3.05) is 0 Å². The number of rotatable bonds is 1. The first-order valence-electron chi connectivity index (χ1n) is 2.65. The van der Waals surface area contributed by atoms with Crippen molar-refractivity contribution < 1.29 is 38.3 Å². The van der Waals surface area contributed by atoms with E-state index in [0.29, 0.717) is 9.50 Å². The third-order valence-corrected chi connectivity index (χ3v) is 2.95. The van der Waals surface area contributed by atoms with Crippen LogP contribution < -0.4 is 29.6 Å². The molecule has 0 heterocycles. The monoisotopic (exact) mass is 276 g/mol. The molecule has 0 aliphatic rings. The van der Waals surface area contributed by atoms with Crippen molar-refractivity contribution in [1.29, 1.82) is 0 Å². The average molecular weight is 278 g/mol. The zero-order valence-corrected chi connectivity index (χ0v) is 11.4. The normalized spacial score (nSPS) is 11.9. The molecule has 1 aromatic carbocycles. The Kier molecular flexibility index (Phi) is 6.28. The second kappa shape index (κ2) is 5.75. The summed E-state index contributed by atoms with van der Waals surface area (Å²) < 4.78 is 21.5. The van der Waals surface area contributed by atoms with Crippen LogP contribution >= 0.6 is 27.5 Å². The van der Waals surface area contributed by atoms with E-state index in [9.17, 15) is 8.76 Å². The fourth-order valence-corrected chi connectivity index (χ4v) is 1.47. The molecule has 2 nitrogen and oxygen atoms in total. The van der Waals surface area contributed by atoms with Gasteiger partial charge in [-0.05, 0) is 45.2 Å². The van der Waals surface area contributed by atoms with Crippen LogP contribution in [0.25, 0.3) is 0 Å². The van der Waals surface area contributed by atoms with Gasteiger partial charge in [0.1, 0.15) is 0 Å². The summed E-state index contributed by atoms with van der Waals surface area (Å²) in [5.74, 6) is 0. The minimum atomic E-state index is -2.20. The molecule has 0 fully saturated rings. The second-order valence-corrected chi connectivity index (χ2v) is 4.01. The summed E-state index contributed by atoms with van der Waals surface area (Å²) in [7, 11) is 0. The Hall–Kier alpha value is 1.10. The van der Waals surface area contributed by atoms with Gasteiger partial charge >= 0.3 is 29.6 Å². The summed E-state index contributed by atoms with van der Waals surface area (Å²) in [4.78, 5) is 0.193. The van der Waals surface area contributed by atoms with Crippen LogP contribution in [0.1, 0.15) is 0 Å². The maximum absolute atomic E-state index is 10.4. The predicted octanol–water partition coefficient (Wildman–Crippen LogP) is -0.655. The van der Waals surface area contributed by atoms with Gasteiger partial charge in [0.2, 0.25) is 0 Å². The molecule has 0 aromatic heterocycles. The van der Waals surface area contributed by atoms with Crippen LogP contribution in [0.2, 0.25) is 5.02 Å². The van der Waals surface area contributed by atoms with Crippen molar-refractivity contribution in [3.63, 3.8) is 0 Å². The van der Waals surface area contributed by atoms with Crippen LogP contribution in [0.3, 0.4) is 0 Å². The van der Waals surface area contributed by atoms with Crippen LogP contribution in [0, 0.1) is 0 Å². The van der Waals surface area contributed by atoms with Crippen molar-refractivity contribution in [2.24, 2.45) is 0 Å². The first kappa shape index (κ1) is 13.1. The molecule has 0 radical (unpaired) electrons. The molecule has 0 saturated carbocycles. The Morgan fingerprint density at radius 1 is 1.50 bits per heavy atom. The molecule has 0 N–H and O–H groups in total. The average Bonchev–Trinajstić information content (AvgIpc) is 1.94. The zero-order valence-electron chi connectivity index (χ0n) is 6.21. The van der Waals surface area contributed by atoms with Crippen molar-refractivity contribution >= 4 is 38.6 Å². The first-order chi connectivity index (χ1) is 5.11. The van der Waals surface area contributed by atoms with E-state index in [2.05, 4.69) is 15.9 Å². The summed E-state index contributed by atoms with van der Waals surface area (Å²) >= 11 is 6.58. The SMILES string of the molecule is O=S([O-])c1ccc(Br)c(Cl)c1.[Na+]. The van der Waals surface area contributed by atoms with Crippen molar-refractivity contribution in [2.45, 2.75) is 4.90 Å². The quantitative estimate of drug-likeness (QED) is 0.505. The zero-order chi connectivity index (χ0) is 8.43. The van der Waals surface area contributed by atoms with Gasteiger partial charge in [0.05, 0.1) is 5.02 Å². The molecule has 1 rings (SSSR count). The molecule has 0 aliphatic carbocycles. The van der Waals surface area contributed by atoms with E-state index in [1.807, 2.05) is 0 Å². The summed E-state index contributed by atoms with van der Waals surface area (Å²) in [6, 6.07) is 4.45.